The van der Waals surface area contributed by atoms with E-state index in [-0.39, 0.29) is 24.2 Å². The third-order valence-corrected chi connectivity index (χ3v) is 5.99. The number of nitrogens with one attached hydrogen (secondary N) is 2. The van der Waals surface area contributed by atoms with E-state index in [2.05, 4.69) is 28.8 Å². The fourth-order valence-electron chi connectivity index (χ4n) is 3.69. The molecule has 27 heavy (non-hydrogen) atoms. The zero-order chi connectivity index (χ0) is 18.8. The van der Waals surface area contributed by atoms with Crippen LogP contribution >= 0.6 is 11.8 Å². The number of carbonyl (C=O) groups excluding carboxylic acids is 2. The van der Waals surface area contributed by atoms with Crippen LogP contribution in [0.5, 0.6) is 0 Å². The molecule has 2 amide bonds. The highest BCUT2D eigenvalue weighted by Crippen LogP contribution is 2.27. The third kappa shape index (κ3) is 3.87. The largest absolute Gasteiger partial charge is 0.352 e. The van der Waals surface area contributed by atoms with Gasteiger partial charge >= 0.3 is 0 Å². The maximum Gasteiger partial charge on any atom is 0.227 e. The number of fused-ring (bicyclic) bond motifs is 1. The lowest BCUT2D eigenvalue weighted by molar-refractivity contribution is -0.126. The molecule has 0 aromatic heterocycles. The number of nitrogens with zero attached hydrogens (tertiary/aromatic N) is 1. The van der Waals surface area contributed by atoms with Gasteiger partial charge in [-0.05, 0) is 47.2 Å². The third-order valence-electron chi connectivity index (χ3n) is 5.25. The van der Waals surface area contributed by atoms with Crippen molar-refractivity contribution in [1.29, 1.82) is 0 Å². The lowest BCUT2D eigenvalue weighted by Gasteiger charge is -2.17. The standard InChI is InChI=1S/C21H23N3O2S/c1-27-19-6-4-18(5-7-19)24-13-17(9-20(24)25)21(26)23-10-14-2-3-15-11-22-12-16(15)8-14/h2-8,17,22H,9-13H2,1H3,(H,23,26). The fourth-order valence-corrected chi connectivity index (χ4v) is 4.09. The van der Waals surface area contributed by atoms with E-state index in [0.29, 0.717) is 13.1 Å². The van der Waals surface area contributed by atoms with Crippen molar-refractivity contribution in [3.8, 4) is 0 Å². The van der Waals surface area contributed by atoms with Crippen LogP contribution in [-0.2, 0) is 29.2 Å². The van der Waals surface area contributed by atoms with Gasteiger partial charge in [-0.1, -0.05) is 18.2 Å². The van der Waals surface area contributed by atoms with E-state index in [1.165, 1.54) is 11.1 Å². The van der Waals surface area contributed by atoms with Gasteiger partial charge in [-0.25, -0.2) is 0 Å². The van der Waals surface area contributed by atoms with Gasteiger partial charge in [-0.3, -0.25) is 9.59 Å². The highest BCUT2D eigenvalue weighted by molar-refractivity contribution is 7.98. The second-order valence-corrected chi connectivity index (χ2v) is 7.91. The van der Waals surface area contributed by atoms with Crippen molar-refractivity contribution >= 4 is 29.3 Å². The summed E-state index contributed by atoms with van der Waals surface area (Å²) in [5.74, 6) is -0.338. The molecule has 1 atom stereocenters. The SMILES string of the molecule is CSc1ccc(N2CC(C(=O)NCc3ccc4c(c3)CNC4)CC2=O)cc1. The van der Waals surface area contributed by atoms with Crippen molar-refractivity contribution in [2.75, 3.05) is 17.7 Å². The summed E-state index contributed by atoms with van der Waals surface area (Å²) in [6, 6.07) is 14.2. The number of benzene rings is 2. The Hall–Kier alpha value is -2.31. The summed E-state index contributed by atoms with van der Waals surface area (Å²) >= 11 is 1.67. The molecule has 6 heteroatoms. The summed E-state index contributed by atoms with van der Waals surface area (Å²) in [5, 5.41) is 6.33. The van der Waals surface area contributed by atoms with Crippen LogP contribution in [0.15, 0.2) is 47.4 Å². The Labute approximate surface area is 163 Å². The van der Waals surface area contributed by atoms with Gasteiger partial charge in [0.15, 0.2) is 0 Å². The molecule has 0 saturated carbocycles. The molecule has 0 bridgehead atoms. The molecule has 140 valence electrons. The van der Waals surface area contributed by atoms with E-state index in [4.69, 9.17) is 0 Å². The fraction of sp³-hybridized carbons (Fsp3) is 0.333. The molecule has 2 aromatic rings. The van der Waals surface area contributed by atoms with E-state index in [9.17, 15) is 9.59 Å². The number of hydrogen-bond donors (Lipinski definition) is 2. The Bertz CT molecular complexity index is 866. The molecule has 1 saturated heterocycles. The van der Waals surface area contributed by atoms with Gasteiger partial charge in [0, 0.05) is 43.2 Å². The summed E-state index contributed by atoms with van der Waals surface area (Å²) in [6.45, 7) is 2.75. The Kier molecular flexibility index (Phi) is 5.18. The van der Waals surface area contributed by atoms with Crippen LogP contribution in [0, 0.1) is 5.92 Å². The Morgan fingerprint density at radius 3 is 2.74 bits per heavy atom. The predicted octanol–water partition coefficient (Wildman–Crippen LogP) is 2.68. The average molecular weight is 382 g/mol. The van der Waals surface area contributed by atoms with Crippen molar-refractivity contribution in [3.05, 3.63) is 59.2 Å². The van der Waals surface area contributed by atoms with Crippen LogP contribution in [-0.4, -0.2) is 24.6 Å². The minimum atomic E-state index is -0.297. The van der Waals surface area contributed by atoms with Gasteiger partial charge < -0.3 is 15.5 Å². The highest BCUT2D eigenvalue weighted by atomic mass is 32.2. The highest BCUT2D eigenvalue weighted by Gasteiger charge is 2.35. The molecule has 0 spiro atoms. The van der Waals surface area contributed by atoms with Gasteiger partial charge in [-0.2, -0.15) is 0 Å². The number of hydrogen-bond acceptors (Lipinski definition) is 4. The number of rotatable bonds is 5. The molecule has 2 aliphatic rings. The summed E-state index contributed by atoms with van der Waals surface area (Å²) in [5.41, 5.74) is 4.59. The topological polar surface area (TPSA) is 61.4 Å². The monoisotopic (exact) mass is 381 g/mol. The van der Waals surface area contributed by atoms with Gasteiger partial charge in [0.1, 0.15) is 0 Å². The summed E-state index contributed by atoms with van der Waals surface area (Å²) < 4.78 is 0. The molecular formula is C21H23N3O2S. The normalized spacial score (nSPS) is 18.6. The molecule has 0 aliphatic carbocycles. The van der Waals surface area contributed by atoms with Crippen molar-refractivity contribution < 1.29 is 9.59 Å². The number of carbonyl (C=O) groups is 2. The molecule has 4 rings (SSSR count). The van der Waals surface area contributed by atoms with Crippen LogP contribution in [0.1, 0.15) is 23.1 Å². The van der Waals surface area contributed by atoms with E-state index in [1.807, 2.05) is 30.5 Å². The van der Waals surface area contributed by atoms with E-state index in [0.717, 1.165) is 29.2 Å². The first-order valence-electron chi connectivity index (χ1n) is 9.17. The molecule has 0 radical (unpaired) electrons. The van der Waals surface area contributed by atoms with Crippen LogP contribution in [0.3, 0.4) is 0 Å². The van der Waals surface area contributed by atoms with Gasteiger partial charge in [0.25, 0.3) is 0 Å². The molecule has 5 nitrogen and oxygen atoms in total. The number of anilines is 1. The molecule has 2 aliphatic heterocycles. The zero-order valence-electron chi connectivity index (χ0n) is 15.3. The summed E-state index contributed by atoms with van der Waals surface area (Å²) in [7, 11) is 0. The molecule has 2 heterocycles. The number of amides is 2. The summed E-state index contributed by atoms with van der Waals surface area (Å²) in [6.07, 6.45) is 2.29. The van der Waals surface area contributed by atoms with Crippen LogP contribution in [0.4, 0.5) is 5.69 Å². The summed E-state index contributed by atoms with van der Waals surface area (Å²) in [4.78, 5) is 27.8. The quantitative estimate of drug-likeness (QED) is 0.782. The molecule has 2 N–H and O–H groups in total. The second-order valence-electron chi connectivity index (χ2n) is 7.03. The van der Waals surface area contributed by atoms with Crippen molar-refractivity contribution in [3.63, 3.8) is 0 Å². The smallest absolute Gasteiger partial charge is 0.227 e. The minimum absolute atomic E-state index is 0.00987. The Morgan fingerprint density at radius 2 is 1.96 bits per heavy atom. The van der Waals surface area contributed by atoms with Crippen LogP contribution < -0.4 is 15.5 Å². The van der Waals surface area contributed by atoms with Crippen molar-refractivity contribution in [2.24, 2.45) is 5.92 Å². The van der Waals surface area contributed by atoms with Crippen LogP contribution in [0.2, 0.25) is 0 Å². The second kappa shape index (κ2) is 7.74. The van der Waals surface area contributed by atoms with Crippen molar-refractivity contribution in [2.45, 2.75) is 31.0 Å². The zero-order valence-corrected chi connectivity index (χ0v) is 16.1. The first-order valence-corrected chi connectivity index (χ1v) is 10.4. The lowest BCUT2D eigenvalue weighted by Crippen LogP contribution is -2.32. The average Bonchev–Trinajstić information content (AvgIpc) is 3.32. The maximum absolute atomic E-state index is 12.6. The Balaban J connectivity index is 1.36. The first-order chi connectivity index (χ1) is 13.1. The Morgan fingerprint density at radius 1 is 1.19 bits per heavy atom. The van der Waals surface area contributed by atoms with E-state index in [1.54, 1.807) is 16.7 Å². The van der Waals surface area contributed by atoms with Gasteiger partial charge in [0.2, 0.25) is 11.8 Å². The van der Waals surface area contributed by atoms with Gasteiger partial charge in [-0.15, -0.1) is 11.8 Å². The van der Waals surface area contributed by atoms with E-state index < -0.39 is 0 Å². The molecular weight excluding hydrogens is 358 g/mol. The van der Waals surface area contributed by atoms with E-state index >= 15 is 0 Å². The predicted molar refractivity (Wildman–Crippen MR) is 108 cm³/mol. The van der Waals surface area contributed by atoms with Crippen LogP contribution in [0.25, 0.3) is 0 Å². The first kappa shape index (κ1) is 18.1. The molecule has 2 aromatic carbocycles. The van der Waals surface area contributed by atoms with Gasteiger partial charge in [0.05, 0.1) is 5.92 Å². The number of thioether (sulfide) groups is 1. The minimum Gasteiger partial charge on any atom is -0.352 e. The maximum atomic E-state index is 12.6. The lowest BCUT2D eigenvalue weighted by atomic mass is 10.1. The molecule has 1 fully saturated rings. The molecule has 1 unspecified atom stereocenters. The van der Waals surface area contributed by atoms with Crippen molar-refractivity contribution in [1.82, 2.24) is 10.6 Å².